The summed E-state index contributed by atoms with van der Waals surface area (Å²) in [6, 6.07) is 16.4. The second-order valence-corrected chi connectivity index (χ2v) is 7.40. The van der Waals surface area contributed by atoms with Crippen molar-refractivity contribution in [1.29, 1.82) is 0 Å². The number of ether oxygens (including phenoxy) is 1. The van der Waals surface area contributed by atoms with E-state index >= 15 is 0 Å². The lowest BCUT2D eigenvalue weighted by molar-refractivity contribution is -0.384. The molecule has 1 amide bonds. The minimum atomic E-state index is -4.81. The molecule has 0 atom stereocenters. The lowest BCUT2D eigenvalue weighted by Gasteiger charge is -2.19. The highest BCUT2D eigenvalue weighted by atomic mass is 35.5. The molecule has 4 aromatic rings. The fourth-order valence-corrected chi connectivity index (χ4v) is 3.42. The largest absolute Gasteiger partial charge is 0.573 e. The van der Waals surface area contributed by atoms with Crippen LogP contribution in [0, 0.1) is 10.1 Å². The van der Waals surface area contributed by atoms with Gasteiger partial charge in [0.05, 0.1) is 22.0 Å². The molecule has 38 heavy (non-hydrogen) atoms. The number of hydrogen-bond donors (Lipinski definition) is 2. The number of non-ortho nitro benzene ring substituents is 1. The van der Waals surface area contributed by atoms with E-state index in [0.29, 0.717) is 17.2 Å². The molecule has 0 spiro atoms. The Labute approximate surface area is 218 Å². The van der Waals surface area contributed by atoms with Gasteiger partial charge in [-0.05, 0) is 60.7 Å². The van der Waals surface area contributed by atoms with Crippen molar-refractivity contribution in [1.82, 2.24) is 14.8 Å². The maximum atomic E-state index is 12.4. The number of anilines is 3. The number of nitro groups is 1. The van der Waals surface area contributed by atoms with E-state index in [1.54, 1.807) is 19.2 Å². The number of hydrogen-bond acceptors (Lipinski definition) is 7. The molecule has 11 nitrogen and oxygen atoms in total. The van der Waals surface area contributed by atoms with Crippen molar-refractivity contribution in [3.8, 4) is 22.8 Å². The summed E-state index contributed by atoms with van der Waals surface area (Å²) >= 11 is 0. The van der Waals surface area contributed by atoms with Crippen LogP contribution in [0.15, 0.2) is 72.8 Å². The molecule has 0 aliphatic heterocycles. The average Bonchev–Trinajstić information content (AvgIpc) is 3.29. The van der Waals surface area contributed by atoms with Crippen LogP contribution in [-0.2, 0) is 0 Å². The molecule has 2 N–H and O–H groups in total. The number of aromatic nitrogens is 3. The molecule has 0 fully saturated rings. The molecule has 0 unspecified atom stereocenters. The SMILES string of the molecule is CNc1nc(-c2ccc(N(C(=O)O)c3ccc([N+](=O)[O-])cc3)cc2)nn1-c1ccc(OC(F)(F)F)cc1.Cl. The van der Waals surface area contributed by atoms with Crippen LogP contribution >= 0.6 is 12.4 Å². The quantitative estimate of drug-likeness (QED) is 0.210. The molecule has 1 aromatic heterocycles. The highest BCUT2D eigenvalue weighted by Crippen LogP contribution is 2.30. The number of halogens is 4. The molecule has 0 aliphatic rings. The Morgan fingerprint density at radius 1 is 1.03 bits per heavy atom. The van der Waals surface area contributed by atoms with Crippen LogP contribution in [0.1, 0.15) is 0 Å². The van der Waals surface area contributed by atoms with Crippen LogP contribution in [0.5, 0.6) is 5.75 Å². The van der Waals surface area contributed by atoms with Crippen LogP contribution in [0.3, 0.4) is 0 Å². The molecule has 0 radical (unpaired) electrons. The summed E-state index contributed by atoms with van der Waals surface area (Å²) in [4.78, 5) is 27.5. The highest BCUT2D eigenvalue weighted by molar-refractivity contribution is 5.95. The first kappa shape index (κ1) is 27.7. The van der Waals surface area contributed by atoms with Crippen molar-refractivity contribution in [3.63, 3.8) is 0 Å². The second-order valence-electron chi connectivity index (χ2n) is 7.40. The van der Waals surface area contributed by atoms with Gasteiger partial charge in [-0.3, -0.25) is 10.1 Å². The fraction of sp³-hybridized carbons (Fsp3) is 0.0870. The lowest BCUT2D eigenvalue weighted by atomic mass is 10.1. The minimum Gasteiger partial charge on any atom is -0.464 e. The van der Waals surface area contributed by atoms with Crippen molar-refractivity contribution < 1.29 is 32.7 Å². The molecule has 15 heteroatoms. The summed E-state index contributed by atoms with van der Waals surface area (Å²) in [5.74, 6) is 0.194. The molecule has 0 saturated carbocycles. The number of alkyl halides is 3. The van der Waals surface area contributed by atoms with Gasteiger partial charge < -0.3 is 15.2 Å². The standard InChI is InChI=1S/C23H17F3N6O5.ClH/c1-27-21-28-20(29-31(21)17-10-12-19(13-11-17)37-23(24,25)26)14-2-4-15(5-3-14)30(22(33)34)16-6-8-18(9-7-16)32(35)36;/h2-13H,1H3,(H,33,34)(H,27,28,29);1H. The summed E-state index contributed by atoms with van der Waals surface area (Å²) in [5.41, 5.74) is 1.27. The summed E-state index contributed by atoms with van der Waals surface area (Å²) in [6.07, 6.45) is -6.10. The van der Waals surface area contributed by atoms with Crippen LogP contribution in [0.2, 0.25) is 0 Å². The Bertz CT molecular complexity index is 1430. The van der Waals surface area contributed by atoms with Gasteiger partial charge in [-0.2, -0.15) is 9.67 Å². The van der Waals surface area contributed by atoms with E-state index in [-0.39, 0.29) is 41.0 Å². The van der Waals surface area contributed by atoms with Crippen LogP contribution in [0.25, 0.3) is 17.1 Å². The molecule has 0 bridgehead atoms. The third-order valence-electron chi connectivity index (χ3n) is 5.04. The molecule has 1 heterocycles. The van der Waals surface area contributed by atoms with Gasteiger partial charge >= 0.3 is 12.5 Å². The molecule has 198 valence electrons. The number of nitrogens with zero attached hydrogens (tertiary/aromatic N) is 5. The van der Waals surface area contributed by atoms with Gasteiger partial charge in [0, 0.05) is 24.7 Å². The molecule has 3 aromatic carbocycles. The smallest absolute Gasteiger partial charge is 0.464 e. The summed E-state index contributed by atoms with van der Waals surface area (Å²) in [7, 11) is 1.60. The minimum absolute atomic E-state index is 0. The maximum absolute atomic E-state index is 12.4. The first-order valence-electron chi connectivity index (χ1n) is 10.4. The first-order chi connectivity index (χ1) is 17.6. The molecule has 0 aliphatic carbocycles. The molecule has 0 saturated heterocycles. The van der Waals surface area contributed by atoms with Gasteiger partial charge in [0.25, 0.3) is 5.69 Å². The zero-order valence-electron chi connectivity index (χ0n) is 19.3. The van der Waals surface area contributed by atoms with Gasteiger partial charge in [0.1, 0.15) is 5.75 Å². The Balaban J connectivity index is 0.00000400. The van der Waals surface area contributed by atoms with E-state index in [9.17, 15) is 33.2 Å². The summed E-state index contributed by atoms with van der Waals surface area (Å²) < 4.78 is 42.5. The molecular formula is C23H18ClF3N6O5. The normalized spacial score (nSPS) is 10.8. The van der Waals surface area contributed by atoms with Gasteiger partial charge in [-0.15, -0.1) is 30.7 Å². The van der Waals surface area contributed by atoms with Gasteiger partial charge in [-0.25, -0.2) is 9.69 Å². The molecular weight excluding hydrogens is 533 g/mol. The predicted octanol–water partition coefficient (Wildman–Crippen LogP) is 6.02. The lowest BCUT2D eigenvalue weighted by Crippen LogP contribution is -2.23. The van der Waals surface area contributed by atoms with Crippen molar-refractivity contribution in [3.05, 3.63) is 82.9 Å². The van der Waals surface area contributed by atoms with E-state index < -0.39 is 17.4 Å². The number of nitro benzene ring substituents is 1. The summed E-state index contributed by atoms with van der Waals surface area (Å²) in [5, 5.41) is 27.8. The highest BCUT2D eigenvalue weighted by Gasteiger charge is 2.31. The van der Waals surface area contributed by atoms with E-state index in [1.807, 2.05) is 0 Å². The van der Waals surface area contributed by atoms with Crippen LogP contribution in [-0.4, -0.2) is 44.3 Å². The number of rotatable bonds is 7. The Kier molecular flexibility index (Phi) is 8.06. The summed E-state index contributed by atoms with van der Waals surface area (Å²) in [6.45, 7) is 0. The molecule has 4 rings (SSSR count). The second kappa shape index (κ2) is 11.0. The average molecular weight is 551 g/mol. The van der Waals surface area contributed by atoms with Crippen molar-refractivity contribution in [2.45, 2.75) is 6.36 Å². The van der Waals surface area contributed by atoms with Crippen LogP contribution in [0.4, 0.5) is 41.0 Å². The zero-order chi connectivity index (χ0) is 26.7. The Morgan fingerprint density at radius 2 is 1.58 bits per heavy atom. The topological polar surface area (TPSA) is 136 Å². The Morgan fingerprint density at radius 3 is 2.05 bits per heavy atom. The van der Waals surface area contributed by atoms with Crippen molar-refractivity contribution in [2.24, 2.45) is 0 Å². The van der Waals surface area contributed by atoms with E-state index in [0.717, 1.165) is 17.0 Å². The maximum Gasteiger partial charge on any atom is 0.573 e. The third kappa shape index (κ3) is 6.10. The van der Waals surface area contributed by atoms with Crippen molar-refractivity contribution >= 4 is 41.5 Å². The number of carboxylic acid groups (broad SMARTS) is 1. The third-order valence-corrected chi connectivity index (χ3v) is 5.04. The number of benzene rings is 3. The first-order valence-corrected chi connectivity index (χ1v) is 10.4. The Hall–Kier alpha value is -4.85. The van der Waals surface area contributed by atoms with Crippen molar-refractivity contribution in [2.75, 3.05) is 17.3 Å². The number of carbonyl (C=O) groups is 1. The number of nitrogens with one attached hydrogen (secondary N) is 1. The fourth-order valence-electron chi connectivity index (χ4n) is 3.42. The van der Waals surface area contributed by atoms with Gasteiger partial charge in [-0.1, -0.05) is 0 Å². The van der Waals surface area contributed by atoms with Crippen LogP contribution < -0.4 is 15.0 Å². The van der Waals surface area contributed by atoms with Gasteiger partial charge in [0.2, 0.25) is 5.95 Å². The van der Waals surface area contributed by atoms with E-state index in [4.69, 9.17) is 0 Å². The van der Waals surface area contributed by atoms with E-state index in [2.05, 4.69) is 20.1 Å². The zero-order valence-corrected chi connectivity index (χ0v) is 20.1. The predicted molar refractivity (Wildman–Crippen MR) is 134 cm³/mol. The van der Waals surface area contributed by atoms with Gasteiger partial charge in [0.15, 0.2) is 5.82 Å². The van der Waals surface area contributed by atoms with E-state index in [1.165, 1.54) is 53.2 Å². The monoisotopic (exact) mass is 550 g/mol. The number of amides is 1.